The number of para-hydroxylation sites is 2. The van der Waals surface area contributed by atoms with Gasteiger partial charge in [-0.1, -0.05) is 64.9 Å². The largest absolute Gasteiger partial charge is 0.489 e. The second kappa shape index (κ2) is 7.76. The fraction of sp³-hybridized carbons (Fsp3) is 0.0435. The molecule has 0 atom stereocenters. The van der Waals surface area contributed by atoms with Crippen LogP contribution in [-0.4, -0.2) is 9.38 Å². The molecule has 30 heavy (non-hydrogen) atoms. The molecule has 0 bridgehead atoms. The molecular formula is C23H14Cl2N2O2S. The van der Waals surface area contributed by atoms with Gasteiger partial charge in [0.1, 0.15) is 12.4 Å². The number of thiazole rings is 1. The Morgan fingerprint density at radius 3 is 2.77 bits per heavy atom. The van der Waals surface area contributed by atoms with E-state index in [9.17, 15) is 4.79 Å². The van der Waals surface area contributed by atoms with Crippen molar-refractivity contribution < 1.29 is 4.74 Å². The summed E-state index contributed by atoms with van der Waals surface area (Å²) < 4.78 is 8.17. The van der Waals surface area contributed by atoms with Gasteiger partial charge in [0.25, 0.3) is 5.56 Å². The minimum absolute atomic E-state index is 0.0667. The predicted octanol–water partition coefficient (Wildman–Crippen LogP) is 5.34. The summed E-state index contributed by atoms with van der Waals surface area (Å²) in [6, 6.07) is 20.5. The zero-order valence-electron chi connectivity index (χ0n) is 15.5. The third-order valence-corrected chi connectivity index (χ3v) is 6.27. The molecule has 5 aromatic rings. The molecule has 2 heterocycles. The van der Waals surface area contributed by atoms with Gasteiger partial charge in [-0.05, 0) is 48.0 Å². The van der Waals surface area contributed by atoms with Crippen molar-refractivity contribution in [2.45, 2.75) is 6.61 Å². The molecule has 0 aliphatic rings. The molecule has 0 spiro atoms. The van der Waals surface area contributed by atoms with E-state index in [1.807, 2.05) is 60.7 Å². The van der Waals surface area contributed by atoms with E-state index in [0.717, 1.165) is 22.2 Å². The van der Waals surface area contributed by atoms with Crippen molar-refractivity contribution in [2.75, 3.05) is 0 Å². The van der Waals surface area contributed by atoms with Crippen LogP contribution in [0.5, 0.6) is 5.75 Å². The van der Waals surface area contributed by atoms with Crippen LogP contribution < -0.4 is 14.8 Å². The lowest BCUT2D eigenvalue weighted by atomic mass is 10.2. The summed E-state index contributed by atoms with van der Waals surface area (Å²) in [7, 11) is 0. The first kappa shape index (κ1) is 19.1. The Balaban J connectivity index is 1.46. The minimum Gasteiger partial charge on any atom is -0.489 e. The maximum atomic E-state index is 12.9. The van der Waals surface area contributed by atoms with Crippen LogP contribution in [0.2, 0.25) is 10.0 Å². The van der Waals surface area contributed by atoms with Crippen molar-refractivity contribution in [3.05, 3.63) is 103 Å². The Labute approximate surface area is 185 Å². The molecular weight excluding hydrogens is 439 g/mol. The summed E-state index contributed by atoms with van der Waals surface area (Å²) in [6.07, 6.45) is 1.86. The topological polar surface area (TPSA) is 43.6 Å². The van der Waals surface area contributed by atoms with Crippen LogP contribution in [0.25, 0.3) is 22.1 Å². The van der Waals surface area contributed by atoms with Crippen molar-refractivity contribution >= 4 is 56.6 Å². The molecule has 0 saturated carbocycles. The second-order valence-electron chi connectivity index (χ2n) is 6.73. The molecule has 4 nitrogen and oxygen atoms in total. The van der Waals surface area contributed by atoms with Crippen molar-refractivity contribution in [1.29, 1.82) is 0 Å². The highest BCUT2D eigenvalue weighted by atomic mass is 35.5. The van der Waals surface area contributed by atoms with E-state index in [1.165, 1.54) is 11.3 Å². The molecule has 148 valence electrons. The van der Waals surface area contributed by atoms with E-state index in [-0.39, 0.29) is 5.56 Å². The number of nitrogens with zero attached hydrogens (tertiary/aromatic N) is 2. The number of benzene rings is 3. The van der Waals surface area contributed by atoms with E-state index in [0.29, 0.717) is 31.9 Å². The van der Waals surface area contributed by atoms with Gasteiger partial charge in [-0.2, -0.15) is 0 Å². The van der Waals surface area contributed by atoms with Crippen LogP contribution in [0.4, 0.5) is 0 Å². The van der Waals surface area contributed by atoms with Gasteiger partial charge >= 0.3 is 0 Å². The molecule has 0 saturated heterocycles. The highest BCUT2D eigenvalue weighted by molar-refractivity contribution is 7.15. The van der Waals surface area contributed by atoms with Crippen LogP contribution in [0, 0.1) is 0 Å². The number of hydrogen-bond acceptors (Lipinski definition) is 4. The van der Waals surface area contributed by atoms with Crippen LogP contribution in [0.15, 0.2) is 71.5 Å². The lowest BCUT2D eigenvalue weighted by Crippen LogP contribution is -2.22. The van der Waals surface area contributed by atoms with Gasteiger partial charge in [-0.3, -0.25) is 4.79 Å². The molecule has 0 fully saturated rings. The van der Waals surface area contributed by atoms with Crippen LogP contribution in [-0.2, 0) is 6.61 Å². The zero-order chi connectivity index (χ0) is 20.7. The summed E-state index contributed by atoms with van der Waals surface area (Å²) in [5.74, 6) is 0.689. The Morgan fingerprint density at radius 2 is 1.90 bits per heavy atom. The number of hydrogen-bond donors (Lipinski definition) is 0. The van der Waals surface area contributed by atoms with Gasteiger partial charge in [0.05, 0.1) is 15.6 Å². The fourth-order valence-electron chi connectivity index (χ4n) is 3.26. The monoisotopic (exact) mass is 452 g/mol. The van der Waals surface area contributed by atoms with E-state index in [2.05, 4.69) is 4.98 Å². The SMILES string of the molecule is O=c1c(=Cc2cccc(OCc3ccc(Cl)cc3Cl)c2)sc2nc3ccccc3n12. The highest BCUT2D eigenvalue weighted by Crippen LogP contribution is 2.23. The average Bonchev–Trinajstić information content (AvgIpc) is 3.24. The van der Waals surface area contributed by atoms with E-state index < -0.39 is 0 Å². The Morgan fingerprint density at radius 1 is 1.03 bits per heavy atom. The summed E-state index contributed by atoms with van der Waals surface area (Å²) in [6.45, 7) is 0.324. The minimum atomic E-state index is -0.0667. The first-order valence-electron chi connectivity index (χ1n) is 9.17. The molecule has 0 amide bonds. The van der Waals surface area contributed by atoms with Gasteiger partial charge in [-0.25, -0.2) is 9.38 Å². The number of fused-ring (bicyclic) bond motifs is 3. The lowest BCUT2D eigenvalue weighted by Gasteiger charge is -2.08. The van der Waals surface area contributed by atoms with Gasteiger partial charge in [0.15, 0.2) is 4.96 Å². The molecule has 2 aromatic heterocycles. The molecule has 0 unspecified atom stereocenters. The molecule has 0 aliphatic carbocycles. The molecule has 7 heteroatoms. The molecule has 0 radical (unpaired) electrons. The molecule has 5 rings (SSSR count). The number of aromatic nitrogens is 2. The van der Waals surface area contributed by atoms with Gasteiger partial charge in [-0.15, -0.1) is 0 Å². The summed E-state index contributed by atoms with van der Waals surface area (Å²) in [4.78, 5) is 18.2. The van der Waals surface area contributed by atoms with Crippen molar-refractivity contribution in [2.24, 2.45) is 0 Å². The number of halogens is 2. The van der Waals surface area contributed by atoms with Crippen molar-refractivity contribution in [3.8, 4) is 5.75 Å². The van der Waals surface area contributed by atoms with Crippen molar-refractivity contribution in [1.82, 2.24) is 9.38 Å². The third kappa shape index (κ3) is 3.56. The highest BCUT2D eigenvalue weighted by Gasteiger charge is 2.10. The average molecular weight is 453 g/mol. The van der Waals surface area contributed by atoms with Crippen molar-refractivity contribution in [3.63, 3.8) is 0 Å². The van der Waals surface area contributed by atoms with Crippen LogP contribution >= 0.6 is 34.5 Å². The Hall–Kier alpha value is -2.86. The standard InChI is InChI=1S/C23H14Cl2N2O2S/c24-16-9-8-15(18(25)12-16)13-29-17-5-3-4-14(10-17)11-21-22(28)27-20-7-2-1-6-19(20)26-23(27)30-21/h1-12H,13H2. The van der Waals surface area contributed by atoms with E-state index >= 15 is 0 Å². The fourth-order valence-corrected chi connectivity index (χ4v) is 4.71. The van der Waals surface area contributed by atoms with Gasteiger partial charge in [0.2, 0.25) is 0 Å². The summed E-state index contributed by atoms with van der Waals surface area (Å²) >= 11 is 13.5. The normalized spacial score (nSPS) is 12.1. The Kier molecular flexibility index (Phi) is 4.95. The van der Waals surface area contributed by atoms with Crippen LogP contribution in [0.3, 0.4) is 0 Å². The van der Waals surface area contributed by atoms with Gasteiger partial charge in [0, 0.05) is 15.6 Å². The smallest absolute Gasteiger partial charge is 0.274 e. The maximum Gasteiger partial charge on any atom is 0.274 e. The molecule has 0 N–H and O–H groups in total. The summed E-state index contributed by atoms with van der Waals surface area (Å²) in [5.41, 5.74) is 3.31. The third-order valence-electron chi connectivity index (χ3n) is 4.71. The van der Waals surface area contributed by atoms with Gasteiger partial charge < -0.3 is 4.74 Å². The first-order chi connectivity index (χ1) is 14.6. The predicted molar refractivity (Wildman–Crippen MR) is 123 cm³/mol. The number of rotatable bonds is 4. The second-order valence-corrected chi connectivity index (χ2v) is 8.58. The number of ether oxygens (including phenoxy) is 1. The number of imidazole rings is 1. The Bertz CT molecular complexity index is 1510. The lowest BCUT2D eigenvalue weighted by molar-refractivity contribution is 0.306. The van der Waals surface area contributed by atoms with E-state index in [4.69, 9.17) is 27.9 Å². The first-order valence-corrected chi connectivity index (χ1v) is 10.7. The quantitative estimate of drug-likeness (QED) is 0.369. The molecule has 0 aliphatic heterocycles. The van der Waals surface area contributed by atoms with E-state index in [1.54, 1.807) is 16.5 Å². The van der Waals surface area contributed by atoms with Crippen LogP contribution in [0.1, 0.15) is 11.1 Å². The maximum absolute atomic E-state index is 12.9. The summed E-state index contributed by atoms with van der Waals surface area (Å²) in [5, 5.41) is 1.15. The molecule has 3 aromatic carbocycles. The zero-order valence-corrected chi connectivity index (χ0v) is 17.8.